The standard InChI is InChI=1S/C20H22N2OS/c1-2-3-6-15-9-11-16(12-10-15)13-19(23)21-14-20-22-17-7-4-5-8-18(17)24-20/h4-5,7-12H,2-3,6,13-14H2,1H3,(H,21,23). The van der Waals surface area contributed by atoms with Gasteiger partial charge in [0.25, 0.3) is 0 Å². The van der Waals surface area contributed by atoms with Crippen LogP contribution >= 0.6 is 11.3 Å². The monoisotopic (exact) mass is 338 g/mol. The number of aryl methyl sites for hydroxylation is 1. The molecule has 0 aliphatic carbocycles. The van der Waals surface area contributed by atoms with Gasteiger partial charge in [-0.2, -0.15) is 0 Å². The number of nitrogens with zero attached hydrogens (tertiary/aromatic N) is 1. The molecule has 1 amide bonds. The summed E-state index contributed by atoms with van der Waals surface area (Å²) in [6.45, 7) is 2.69. The van der Waals surface area contributed by atoms with Crippen molar-refractivity contribution < 1.29 is 4.79 Å². The van der Waals surface area contributed by atoms with E-state index in [1.165, 1.54) is 18.4 Å². The van der Waals surface area contributed by atoms with Crippen molar-refractivity contribution in [2.45, 2.75) is 39.2 Å². The van der Waals surface area contributed by atoms with Gasteiger partial charge in [-0.15, -0.1) is 11.3 Å². The molecule has 1 aromatic heterocycles. The number of unbranched alkanes of at least 4 members (excludes halogenated alkanes) is 1. The highest BCUT2D eigenvalue weighted by Crippen LogP contribution is 2.21. The normalized spacial score (nSPS) is 10.9. The van der Waals surface area contributed by atoms with E-state index < -0.39 is 0 Å². The molecule has 1 N–H and O–H groups in total. The Balaban J connectivity index is 1.51. The van der Waals surface area contributed by atoms with E-state index in [4.69, 9.17) is 0 Å². The van der Waals surface area contributed by atoms with E-state index in [0.717, 1.165) is 27.2 Å². The molecule has 0 bridgehead atoms. The fourth-order valence-electron chi connectivity index (χ4n) is 2.62. The third-order valence-corrected chi connectivity index (χ3v) is 5.02. The van der Waals surface area contributed by atoms with Crippen molar-refractivity contribution in [2.24, 2.45) is 0 Å². The van der Waals surface area contributed by atoms with Gasteiger partial charge in [-0.05, 0) is 36.1 Å². The molecule has 124 valence electrons. The molecule has 0 spiro atoms. The van der Waals surface area contributed by atoms with Crippen LogP contribution in [0.3, 0.4) is 0 Å². The summed E-state index contributed by atoms with van der Waals surface area (Å²) < 4.78 is 1.16. The van der Waals surface area contributed by atoms with Gasteiger partial charge in [0, 0.05) is 0 Å². The number of rotatable bonds is 7. The summed E-state index contributed by atoms with van der Waals surface area (Å²) in [6, 6.07) is 16.4. The number of nitrogens with one attached hydrogen (secondary N) is 1. The highest BCUT2D eigenvalue weighted by molar-refractivity contribution is 7.18. The SMILES string of the molecule is CCCCc1ccc(CC(=O)NCc2nc3ccccc3s2)cc1. The van der Waals surface area contributed by atoms with Gasteiger partial charge in [0.05, 0.1) is 23.2 Å². The molecule has 2 aromatic carbocycles. The first kappa shape index (κ1) is 16.7. The lowest BCUT2D eigenvalue weighted by Crippen LogP contribution is -2.24. The molecule has 24 heavy (non-hydrogen) atoms. The molecular formula is C20H22N2OS. The molecule has 4 heteroatoms. The summed E-state index contributed by atoms with van der Waals surface area (Å²) in [7, 11) is 0. The smallest absolute Gasteiger partial charge is 0.224 e. The van der Waals surface area contributed by atoms with Crippen molar-refractivity contribution in [3.05, 3.63) is 64.7 Å². The van der Waals surface area contributed by atoms with Crippen LogP contribution < -0.4 is 5.32 Å². The maximum absolute atomic E-state index is 12.1. The number of para-hydroxylation sites is 1. The topological polar surface area (TPSA) is 42.0 Å². The van der Waals surface area contributed by atoms with Crippen molar-refractivity contribution in [1.82, 2.24) is 10.3 Å². The largest absolute Gasteiger partial charge is 0.349 e. The molecule has 1 heterocycles. The Morgan fingerprint density at radius 3 is 2.58 bits per heavy atom. The Labute approximate surface area is 146 Å². The average Bonchev–Trinajstić information content (AvgIpc) is 3.02. The zero-order chi connectivity index (χ0) is 16.8. The molecule has 0 atom stereocenters. The van der Waals surface area contributed by atoms with Crippen LogP contribution in [0.1, 0.15) is 35.9 Å². The summed E-state index contributed by atoms with van der Waals surface area (Å²) >= 11 is 1.63. The molecule has 0 aliphatic rings. The third kappa shape index (κ3) is 4.42. The Morgan fingerprint density at radius 1 is 1.08 bits per heavy atom. The Morgan fingerprint density at radius 2 is 1.83 bits per heavy atom. The highest BCUT2D eigenvalue weighted by atomic mass is 32.1. The van der Waals surface area contributed by atoms with Crippen LogP contribution in [-0.2, 0) is 24.2 Å². The van der Waals surface area contributed by atoms with E-state index in [0.29, 0.717) is 13.0 Å². The molecule has 0 saturated heterocycles. The summed E-state index contributed by atoms with van der Waals surface area (Å²) in [5.74, 6) is 0.0376. The van der Waals surface area contributed by atoms with Crippen LogP contribution in [0.5, 0.6) is 0 Å². The molecule has 0 fully saturated rings. The molecule has 3 aromatic rings. The van der Waals surface area contributed by atoms with E-state index in [9.17, 15) is 4.79 Å². The van der Waals surface area contributed by atoms with Crippen LogP contribution in [0, 0.1) is 0 Å². The van der Waals surface area contributed by atoms with Crippen molar-refractivity contribution in [2.75, 3.05) is 0 Å². The molecule has 0 radical (unpaired) electrons. The van der Waals surface area contributed by atoms with Crippen LogP contribution in [0.4, 0.5) is 0 Å². The van der Waals surface area contributed by atoms with Gasteiger partial charge in [0.2, 0.25) is 5.91 Å². The first-order valence-corrected chi connectivity index (χ1v) is 9.25. The van der Waals surface area contributed by atoms with Crippen molar-refractivity contribution in [3.8, 4) is 0 Å². The van der Waals surface area contributed by atoms with Gasteiger partial charge < -0.3 is 5.32 Å². The van der Waals surface area contributed by atoms with Gasteiger partial charge in [-0.25, -0.2) is 4.98 Å². The Hall–Kier alpha value is -2.20. The second-order valence-electron chi connectivity index (χ2n) is 5.95. The lowest BCUT2D eigenvalue weighted by atomic mass is 10.0. The summed E-state index contributed by atoms with van der Waals surface area (Å²) in [5.41, 5.74) is 3.39. The minimum atomic E-state index is 0.0376. The minimum Gasteiger partial charge on any atom is -0.349 e. The van der Waals surface area contributed by atoms with Crippen LogP contribution in [0.2, 0.25) is 0 Å². The number of carbonyl (C=O) groups excluding carboxylic acids is 1. The predicted molar refractivity (Wildman–Crippen MR) is 100 cm³/mol. The van der Waals surface area contributed by atoms with Crippen molar-refractivity contribution >= 4 is 27.5 Å². The number of carbonyl (C=O) groups is 1. The van der Waals surface area contributed by atoms with Crippen molar-refractivity contribution in [1.29, 1.82) is 0 Å². The first-order valence-electron chi connectivity index (χ1n) is 8.43. The lowest BCUT2D eigenvalue weighted by Gasteiger charge is -2.05. The lowest BCUT2D eigenvalue weighted by molar-refractivity contribution is -0.120. The highest BCUT2D eigenvalue weighted by Gasteiger charge is 2.07. The van der Waals surface area contributed by atoms with Crippen LogP contribution in [0.25, 0.3) is 10.2 Å². The number of benzene rings is 2. The summed E-state index contributed by atoms with van der Waals surface area (Å²) in [6.07, 6.45) is 3.94. The number of hydrogen-bond acceptors (Lipinski definition) is 3. The molecule has 3 rings (SSSR count). The van der Waals surface area contributed by atoms with Gasteiger partial charge in [0.1, 0.15) is 5.01 Å². The summed E-state index contributed by atoms with van der Waals surface area (Å²) in [4.78, 5) is 16.7. The number of amides is 1. The van der Waals surface area contributed by atoms with E-state index in [-0.39, 0.29) is 5.91 Å². The van der Waals surface area contributed by atoms with Crippen LogP contribution in [-0.4, -0.2) is 10.9 Å². The quantitative estimate of drug-likeness (QED) is 0.689. The number of aromatic nitrogens is 1. The minimum absolute atomic E-state index is 0.0376. The van der Waals surface area contributed by atoms with Gasteiger partial charge in [-0.1, -0.05) is 49.7 Å². The van der Waals surface area contributed by atoms with Crippen molar-refractivity contribution in [3.63, 3.8) is 0 Å². The van der Waals surface area contributed by atoms with E-state index in [2.05, 4.69) is 47.6 Å². The van der Waals surface area contributed by atoms with Gasteiger partial charge >= 0.3 is 0 Å². The average molecular weight is 338 g/mol. The van der Waals surface area contributed by atoms with Gasteiger partial charge in [-0.3, -0.25) is 4.79 Å². The summed E-state index contributed by atoms with van der Waals surface area (Å²) in [5, 5.41) is 3.91. The zero-order valence-electron chi connectivity index (χ0n) is 13.9. The molecule has 0 saturated carbocycles. The number of thiazole rings is 1. The second-order valence-corrected chi connectivity index (χ2v) is 7.06. The maximum Gasteiger partial charge on any atom is 0.224 e. The fourth-order valence-corrected chi connectivity index (χ4v) is 3.53. The Bertz CT molecular complexity index is 775. The first-order chi connectivity index (χ1) is 11.7. The van der Waals surface area contributed by atoms with E-state index >= 15 is 0 Å². The second kappa shape index (κ2) is 8.06. The predicted octanol–water partition coefficient (Wildman–Crippen LogP) is 4.50. The number of hydrogen-bond donors (Lipinski definition) is 1. The Kier molecular flexibility index (Phi) is 5.59. The van der Waals surface area contributed by atoms with E-state index in [1.807, 2.05) is 18.2 Å². The number of fused-ring (bicyclic) bond motifs is 1. The molecule has 0 aliphatic heterocycles. The molecule has 0 unspecified atom stereocenters. The zero-order valence-corrected chi connectivity index (χ0v) is 14.7. The maximum atomic E-state index is 12.1. The fraction of sp³-hybridized carbons (Fsp3) is 0.300. The van der Waals surface area contributed by atoms with Gasteiger partial charge in [0.15, 0.2) is 0 Å². The molecular weight excluding hydrogens is 316 g/mol. The van der Waals surface area contributed by atoms with Crippen LogP contribution in [0.15, 0.2) is 48.5 Å². The molecule has 3 nitrogen and oxygen atoms in total. The van der Waals surface area contributed by atoms with E-state index in [1.54, 1.807) is 11.3 Å². The third-order valence-electron chi connectivity index (χ3n) is 3.98.